The van der Waals surface area contributed by atoms with Crippen molar-refractivity contribution in [2.24, 2.45) is 0 Å². The van der Waals surface area contributed by atoms with Gasteiger partial charge < -0.3 is 10.0 Å². The minimum atomic E-state index is -1.05. The molecule has 1 N–H and O–H groups in total. The number of hydrogen-bond donors (Lipinski definition) is 1. The topological polar surface area (TPSA) is 60.9 Å². The molecule has 7 heteroatoms. The van der Waals surface area contributed by atoms with Gasteiger partial charge in [-0.25, -0.2) is 0 Å². The molecule has 2 aliphatic rings. The van der Waals surface area contributed by atoms with Gasteiger partial charge in [-0.15, -0.1) is 0 Å². The summed E-state index contributed by atoms with van der Waals surface area (Å²) < 4.78 is 0.322. The second-order valence-electron chi connectivity index (χ2n) is 3.89. The number of carbonyl (C=O) groups excluding carboxylic acids is 1. The van der Waals surface area contributed by atoms with Crippen LogP contribution in [0.2, 0.25) is 0 Å². The van der Waals surface area contributed by atoms with Crippen LogP contribution in [0, 0.1) is 0 Å². The molecule has 0 atom stereocenters. The summed E-state index contributed by atoms with van der Waals surface area (Å²) in [7, 11) is 0. The average Bonchev–Trinajstić information content (AvgIpc) is 2.83. The number of thioether (sulfide) groups is 1. The van der Waals surface area contributed by atoms with Crippen LogP contribution in [-0.4, -0.2) is 50.7 Å². The van der Waals surface area contributed by atoms with Crippen LogP contribution in [0.25, 0.3) is 0 Å². The lowest BCUT2D eigenvalue weighted by atomic mass is 10.4. The summed E-state index contributed by atoms with van der Waals surface area (Å²) in [5, 5.41) is 8.69. The van der Waals surface area contributed by atoms with Gasteiger partial charge in [-0.1, -0.05) is 24.0 Å². The number of nitrogens with zero attached hydrogens (tertiary/aromatic N) is 2. The number of hydrogen-bond acceptors (Lipinski definition) is 5. The third kappa shape index (κ3) is 2.78. The SMILES string of the molecule is O=C(O)CN1C(=O)/C(=C/N2CCCC2)SC1=S. The summed E-state index contributed by atoms with van der Waals surface area (Å²) in [5.41, 5.74) is 0. The highest BCUT2D eigenvalue weighted by molar-refractivity contribution is 8.26. The number of likely N-dealkylation sites (tertiary alicyclic amines) is 1. The van der Waals surface area contributed by atoms with Gasteiger partial charge in [0, 0.05) is 19.3 Å². The van der Waals surface area contributed by atoms with Crippen molar-refractivity contribution in [2.75, 3.05) is 19.6 Å². The zero-order valence-corrected chi connectivity index (χ0v) is 10.7. The molecule has 2 saturated heterocycles. The number of rotatable bonds is 3. The summed E-state index contributed by atoms with van der Waals surface area (Å²) in [5.74, 6) is -1.35. The van der Waals surface area contributed by atoms with E-state index in [-0.39, 0.29) is 12.5 Å². The van der Waals surface area contributed by atoms with E-state index in [1.165, 1.54) is 11.8 Å². The van der Waals surface area contributed by atoms with Gasteiger partial charge in [-0.2, -0.15) is 0 Å². The van der Waals surface area contributed by atoms with Crippen molar-refractivity contribution < 1.29 is 14.7 Å². The van der Waals surface area contributed by atoms with E-state index in [1.807, 2.05) is 0 Å². The molecule has 92 valence electrons. The van der Waals surface area contributed by atoms with Crippen LogP contribution >= 0.6 is 24.0 Å². The van der Waals surface area contributed by atoms with Crippen LogP contribution < -0.4 is 0 Å². The fourth-order valence-electron chi connectivity index (χ4n) is 1.80. The molecular formula is C10H12N2O3S2. The van der Waals surface area contributed by atoms with Gasteiger partial charge in [-0.05, 0) is 12.8 Å². The highest BCUT2D eigenvalue weighted by atomic mass is 32.2. The molecule has 1 amide bonds. The van der Waals surface area contributed by atoms with Crippen molar-refractivity contribution in [1.82, 2.24) is 9.80 Å². The van der Waals surface area contributed by atoms with Crippen molar-refractivity contribution in [1.29, 1.82) is 0 Å². The van der Waals surface area contributed by atoms with E-state index < -0.39 is 5.97 Å². The lowest BCUT2D eigenvalue weighted by molar-refractivity contribution is -0.140. The minimum absolute atomic E-state index is 0.297. The summed E-state index contributed by atoms with van der Waals surface area (Å²) in [6.45, 7) is 1.54. The molecule has 0 aromatic heterocycles. The van der Waals surface area contributed by atoms with Crippen molar-refractivity contribution >= 4 is 40.2 Å². The summed E-state index contributed by atoms with van der Waals surface area (Å²) >= 11 is 6.17. The quantitative estimate of drug-likeness (QED) is 0.607. The van der Waals surface area contributed by atoms with Crippen molar-refractivity contribution in [3.05, 3.63) is 11.1 Å². The Morgan fingerprint density at radius 1 is 1.47 bits per heavy atom. The molecule has 0 aromatic carbocycles. The molecule has 17 heavy (non-hydrogen) atoms. The van der Waals surface area contributed by atoms with Gasteiger partial charge >= 0.3 is 5.97 Å². The van der Waals surface area contributed by atoms with E-state index in [1.54, 1.807) is 6.20 Å². The third-order valence-corrected chi connectivity index (χ3v) is 3.97. The molecule has 2 aliphatic heterocycles. The maximum absolute atomic E-state index is 11.9. The first-order valence-corrected chi connectivity index (χ1v) is 6.52. The Hall–Kier alpha value is -1.08. The minimum Gasteiger partial charge on any atom is -0.480 e. The lowest BCUT2D eigenvalue weighted by Crippen LogP contribution is -2.33. The largest absolute Gasteiger partial charge is 0.480 e. The fraction of sp³-hybridized carbons (Fsp3) is 0.500. The molecule has 0 aliphatic carbocycles. The number of aliphatic carboxylic acids is 1. The highest BCUT2D eigenvalue weighted by Crippen LogP contribution is 2.31. The van der Waals surface area contributed by atoms with Crippen LogP contribution in [-0.2, 0) is 9.59 Å². The molecule has 0 saturated carbocycles. The van der Waals surface area contributed by atoms with E-state index in [0.717, 1.165) is 30.8 Å². The number of carboxylic acids is 1. The van der Waals surface area contributed by atoms with Gasteiger partial charge in [0.2, 0.25) is 0 Å². The van der Waals surface area contributed by atoms with Crippen LogP contribution in [0.5, 0.6) is 0 Å². The third-order valence-electron chi connectivity index (χ3n) is 2.61. The predicted octanol–water partition coefficient (Wildman–Crippen LogP) is 0.868. The van der Waals surface area contributed by atoms with Gasteiger partial charge in [0.15, 0.2) is 0 Å². The molecule has 0 unspecified atom stereocenters. The average molecular weight is 272 g/mol. The number of carboxylic acid groups (broad SMARTS) is 1. The first-order chi connectivity index (χ1) is 8.08. The summed E-state index contributed by atoms with van der Waals surface area (Å²) in [6, 6.07) is 0. The number of carbonyl (C=O) groups is 2. The highest BCUT2D eigenvalue weighted by Gasteiger charge is 2.33. The smallest absolute Gasteiger partial charge is 0.323 e. The summed E-state index contributed by atoms with van der Waals surface area (Å²) in [6.07, 6.45) is 4.06. The zero-order chi connectivity index (χ0) is 12.4. The van der Waals surface area contributed by atoms with Crippen LogP contribution in [0.4, 0.5) is 0 Å². The Bertz CT molecular complexity index is 402. The maximum Gasteiger partial charge on any atom is 0.323 e. The predicted molar refractivity (Wildman–Crippen MR) is 68.4 cm³/mol. The van der Waals surface area contributed by atoms with Gasteiger partial charge in [0.1, 0.15) is 10.9 Å². The standard InChI is InChI=1S/C10H12N2O3S2/c13-8(14)6-12-9(15)7(17-10(12)16)5-11-3-1-2-4-11/h5H,1-4,6H2,(H,13,14)/b7-5-. The van der Waals surface area contributed by atoms with Crippen molar-refractivity contribution in [2.45, 2.75) is 12.8 Å². The molecule has 0 spiro atoms. The molecule has 0 aromatic rings. The lowest BCUT2D eigenvalue weighted by Gasteiger charge is -2.12. The van der Waals surface area contributed by atoms with E-state index in [9.17, 15) is 9.59 Å². The van der Waals surface area contributed by atoms with Crippen LogP contribution in [0.1, 0.15) is 12.8 Å². The van der Waals surface area contributed by atoms with Gasteiger partial charge in [0.05, 0.1) is 4.91 Å². The van der Waals surface area contributed by atoms with Crippen molar-refractivity contribution in [3.8, 4) is 0 Å². The molecule has 0 bridgehead atoms. The monoisotopic (exact) mass is 272 g/mol. The number of amides is 1. The first-order valence-electron chi connectivity index (χ1n) is 5.29. The molecular weight excluding hydrogens is 260 g/mol. The fourth-order valence-corrected chi connectivity index (χ4v) is 3.06. The second-order valence-corrected chi connectivity index (χ2v) is 5.57. The van der Waals surface area contributed by atoms with Crippen molar-refractivity contribution in [3.63, 3.8) is 0 Å². The maximum atomic E-state index is 11.9. The van der Waals surface area contributed by atoms with E-state index in [2.05, 4.69) is 4.90 Å². The molecule has 5 nitrogen and oxygen atoms in total. The van der Waals surface area contributed by atoms with Gasteiger partial charge in [0.25, 0.3) is 5.91 Å². The Balaban J connectivity index is 2.09. The Morgan fingerprint density at radius 2 is 2.12 bits per heavy atom. The Morgan fingerprint density at radius 3 is 2.71 bits per heavy atom. The first kappa shape index (κ1) is 12.4. The Labute approximate surface area is 108 Å². The van der Waals surface area contributed by atoms with Crippen LogP contribution in [0.3, 0.4) is 0 Å². The Kier molecular flexibility index (Phi) is 3.68. The molecule has 2 rings (SSSR count). The van der Waals surface area contributed by atoms with E-state index in [4.69, 9.17) is 17.3 Å². The van der Waals surface area contributed by atoms with Crippen LogP contribution in [0.15, 0.2) is 11.1 Å². The second kappa shape index (κ2) is 5.05. The van der Waals surface area contributed by atoms with E-state index >= 15 is 0 Å². The zero-order valence-electron chi connectivity index (χ0n) is 9.09. The summed E-state index contributed by atoms with van der Waals surface area (Å²) in [4.78, 5) is 26.2. The molecule has 0 radical (unpaired) electrons. The number of thiocarbonyl (C=S) groups is 1. The molecule has 2 fully saturated rings. The van der Waals surface area contributed by atoms with Gasteiger partial charge in [-0.3, -0.25) is 14.5 Å². The van der Waals surface area contributed by atoms with E-state index in [0.29, 0.717) is 9.23 Å². The normalized spacial score (nSPS) is 22.9. The molecule has 2 heterocycles.